The Bertz CT molecular complexity index is 2670. The van der Waals surface area contributed by atoms with Gasteiger partial charge >= 0.3 is 22.8 Å². The van der Waals surface area contributed by atoms with Gasteiger partial charge in [0.1, 0.15) is 16.8 Å². The maximum atomic E-state index is 14.4. The average Bonchev–Trinajstić information content (AvgIpc) is 4.01. The first-order chi connectivity index (χ1) is 35.8. The fourth-order valence-electron chi connectivity index (χ4n) is 9.38. The van der Waals surface area contributed by atoms with Crippen LogP contribution >= 0.6 is 23.2 Å². The van der Waals surface area contributed by atoms with Crippen LogP contribution in [0.2, 0.25) is 0 Å². The number of nitrogens with one attached hydrogen (secondary N) is 4. The maximum Gasteiger partial charge on any atom is 0.330 e. The van der Waals surface area contributed by atoms with Crippen LogP contribution < -0.4 is 45.0 Å². The molecular formula is C46H62Cl2F4N8O16. The second-order valence-electron chi connectivity index (χ2n) is 18.9. The number of hydrogen-bond donors (Lipinski definition) is 8. The van der Waals surface area contributed by atoms with E-state index in [0.29, 0.717) is 12.8 Å². The van der Waals surface area contributed by atoms with Crippen molar-refractivity contribution in [2.45, 2.75) is 126 Å². The Kier molecular flexibility index (Phi) is 20.3. The van der Waals surface area contributed by atoms with E-state index in [4.69, 9.17) is 42.1 Å². The molecule has 0 bridgehead atoms. The molecule has 4 aliphatic rings. The molecule has 4 saturated heterocycles. The van der Waals surface area contributed by atoms with Gasteiger partial charge in [0.05, 0.1) is 43.8 Å². The van der Waals surface area contributed by atoms with E-state index in [-0.39, 0.29) is 17.7 Å². The summed E-state index contributed by atoms with van der Waals surface area (Å²) >= 11 is 11.5. The number of halogens is 6. The predicted molar refractivity (Wildman–Crippen MR) is 263 cm³/mol. The van der Waals surface area contributed by atoms with Crippen molar-refractivity contribution in [3.63, 3.8) is 0 Å². The van der Waals surface area contributed by atoms with E-state index in [1.165, 1.54) is 19.2 Å². The quantitative estimate of drug-likeness (QED) is 0.0702. The van der Waals surface area contributed by atoms with Crippen molar-refractivity contribution < 1.29 is 56.9 Å². The van der Waals surface area contributed by atoms with Crippen molar-refractivity contribution in [2.75, 3.05) is 38.2 Å². The fraction of sp³-hybridized carbons (Fsp3) is 0.652. The largest absolute Gasteiger partial charge is 0.393 e. The molecule has 4 aromatic heterocycles. The van der Waals surface area contributed by atoms with Crippen LogP contribution in [0.4, 0.5) is 17.6 Å². The number of alkyl halides is 6. The van der Waals surface area contributed by atoms with Crippen molar-refractivity contribution in [3.8, 4) is 0 Å². The number of aromatic amines is 4. The molecule has 0 aliphatic carbocycles. The molecule has 4 aromatic rings. The van der Waals surface area contributed by atoms with Crippen molar-refractivity contribution in [1.29, 1.82) is 0 Å². The lowest BCUT2D eigenvalue weighted by Crippen LogP contribution is -2.43. The summed E-state index contributed by atoms with van der Waals surface area (Å²) in [5.74, 6) is -2.66. The molecule has 0 aromatic carbocycles. The molecule has 24 nitrogen and oxygen atoms in total. The molecule has 14 atom stereocenters. The molecule has 76 heavy (non-hydrogen) atoms. The maximum absolute atomic E-state index is 14.4. The minimum absolute atomic E-state index is 0.0975. The Morgan fingerprint density at radius 2 is 0.645 bits per heavy atom. The lowest BCUT2D eigenvalue weighted by Gasteiger charge is -2.30. The van der Waals surface area contributed by atoms with E-state index in [1.807, 2.05) is 28.8 Å². The Morgan fingerprint density at radius 3 is 0.816 bits per heavy atom. The summed E-state index contributed by atoms with van der Waals surface area (Å²) in [6.07, 6.45) is -4.52. The number of nitrogens with zero attached hydrogens (tertiary/aromatic N) is 4. The first kappa shape index (κ1) is 61.6. The molecule has 0 amide bonds. The number of aliphatic hydroxyl groups excluding tert-OH is 4. The third-order valence-corrected chi connectivity index (χ3v) is 15.9. The van der Waals surface area contributed by atoms with Crippen LogP contribution in [0.5, 0.6) is 0 Å². The zero-order valence-corrected chi connectivity index (χ0v) is 43.5. The molecule has 0 unspecified atom stereocenters. The molecule has 8 rings (SSSR count). The van der Waals surface area contributed by atoms with Gasteiger partial charge < -0.3 is 39.4 Å². The Hall–Kier alpha value is -5.30. The standard InChI is InChI=1S/C13H19FN2O3.2C11H14ClFN2O4.C11H15FN2O5/c1-4-13(5-2)8(3)10(14)11(19-13)16-7-6-9(17)15-12(16)18;2*1-6-8(13)9(19-11(6,4-12)5-16)15-3-2-7(17)14-10(15)18;1-6-8(12)9(19-11(6,4-15)5-16)14-3-2-7(17)13-10(14)18/h6-8,10-11H,4-5H2,1-3H3,(H,15,17,18);2*2-3,6,8-9,16H,4-5H2,1H3,(H,14,17,18);2-3,6,8-9,15-16H,4-5H2,1H3,(H,13,17,18)/t8-,10-,11+;2*6-,8-,9+,11+;6-,8-,9+/m0000/s1. The SMILES string of the molecule is CCC1(CC)O[C@@H](n2ccc(=O)[nH]c2=O)[C@@H](F)[C@@H]1C.C[C@H]1[C@H](F)[C@H](n2ccc(=O)[nH]c2=O)OC1(CO)CO.C[C@H]1[C@H](F)[C@H](n2ccc(=O)[nH]c2=O)O[C@@]1(CO)CCl.C[C@H]1[C@H](F)[C@H](n2ccc(=O)[nH]c2=O)O[C@@]1(CO)CCl. The highest BCUT2D eigenvalue weighted by Crippen LogP contribution is 2.47. The summed E-state index contributed by atoms with van der Waals surface area (Å²) in [6, 6.07) is 4.46. The van der Waals surface area contributed by atoms with Gasteiger partial charge in [-0.15, -0.1) is 23.2 Å². The lowest BCUT2D eigenvalue weighted by molar-refractivity contribution is -0.136. The molecule has 8 N–H and O–H groups in total. The Balaban J connectivity index is 0.000000187. The highest BCUT2D eigenvalue weighted by molar-refractivity contribution is 6.18. The second kappa shape index (κ2) is 25.0. The summed E-state index contributed by atoms with van der Waals surface area (Å²) < 4.78 is 83.2. The lowest BCUT2D eigenvalue weighted by atomic mass is 9.83. The smallest absolute Gasteiger partial charge is 0.330 e. The van der Waals surface area contributed by atoms with Gasteiger partial charge in [-0.1, -0.05) is 41.5 Å². The van der Waals surface area contributed by atoms with Crippen molar-refractivity contribution in [1.82, 2.24) is 38.2 Å². The monoisotopic (exact) mass is 1130 g/mol. The van der Waals surface area contributed by atoms with Crippen LogP contribution in [0.25, 0.3) is 0 Å². The highest BCUT2D eigenvalue weighted by Gasteiger charge is 2.56. The van der Waals surface area contributed by atoms with E-state index < -0.39 is 161 Å². The third kappa shape index (κ3) is 11.9. The van der Waals surface area contributed by atoms with Crippen molar-refractivity contribution in [3.05, 3.63) is 132 Å². The molecule has 424 valence electrons. The van der Waals surface area contributed by atoms with E-state index in [9.17, 15) is 76.3 Å². The van der Waals surface area contributed by atoms with E-state index >= 15 is 0 Å². The molecule has 30 heteroatoms. The van der Waals surface area contributed by atoms with Crippen LogP contribution in [-0.4, -0.2) is 144 Å². The minimum Gasteiger partial charge on any atom is -0.393 e. The molecule has 0 spiro atoms. The first-order valence-electron chi connectivity index (χ1n) is 23.9. The van der Waals surface area contributed by atoms with E-state index in [1.54, 1.807) is 20.8 Å². The highest BCUT2D eigenvalue weighted by atomic mass is 35.5. The molecular weight excluding hydrogens is 1070 g/mol. The van der Waals surface area contributed by atoms with Crippen LogP contribution in [-0.2, 0) is 18.9 Å². The van der Waals surface area contributed by atoms with Crippen LogP contribution in [0, 0.1) is 23.7 Å². The minimum atomic E-state index is -1.59. The number of H-pyrrole nitrogens is 4. The number of aromatic nitrogens is 8. The van der Waals surface area contributed by atoms with Gasteiger partial charge in [0, 0.05) is 72.7 Å². The molecule has 8 heterocycles. The summed E-state index contributed by atoms with van der Waals surface area (Å²) in [7, 11) is 0. The van der Waals surface area contributed by atoms with Gasteiger partial charge in [-0.2, -0.15) is 0 Å². The van der Waals surface area contributed by atoms with Gasteiger partial charge in [-0.05, 0) is 12.8 Å². The van der Waals surface area contributed by atoms with Gasteiger partial charge in [0.2, 0.25) is 0 Å². The fourth-order valence-corrected chi connectivity index (χ4v) is 10.2. The van der Waals surface area contributed by atoms with Crippen LogP contribution in [0.1, 0.15) is 79.3 Å². The van der Waals surface area contributed by atoms with Crippen molar-refractivity contribution >= 4 is 23.2 Å². The Morgan fingerprint density at radius 1 is 0.434 bits per heavy atom. The van der Waals surface area contributed by atoms with Gasteiger partial charge in [0.25, 0.3) is 22.2 Å². The molecule has 0 radical (unpaired) electrons. The first-order valence-corrected chi connectivity index (χ1v) is 25.0. The summed E-state index contributed by atoms with van der Waals surface area (Å²) in [5, 5.41) is 37.3. The van der Waals surface area contributed by atoms with Gasteiger partial charge in [-0.25, -0.2) is 36.7 Å². The van der Waals surface area contributed by atoms with Gasteiger partial charge in [0.15, 0.2) is 49.6 Å². The predicted octanol–water partition coefficient (Wildman–Crippen LogP) is 0.380. The molecule has 4 fully saturated rings. The van der Waals surface area contributed by atoms with E-state index in [0.717, 1.165) is 55.1 Å². The number of rotatable bonds is 12. The topological polar surface area (TPSA) is 337 Å². The number of ether oxygens (including phenoxy) is 4. The van der Waals surface area contributed by atoms with E-state index in [2.05, 4.69) is 4.98 Å². The number of hydrogen-bond acceptors (Lipinski definition) is 16. The normalized spacial score (nSPS) is 32.1. The van der Waals surface area contributed by atoms with Gasteiger partial charge in [-0.3, -0.25) is 57.4 Å². The summed E-state index contributed by atoms with van der Waals surface area (Å²) in [6.45, 7) is 8.25. The number of aliphatic hydroxyl groups is 4. The second-order valence-corrected chi connectivity index (χ2v) is 19.4. The Labute approximate surface area is 437 Å². The molecule has 4 aliphatic heterocycles. The average molecular weight is 1130 g/mol. The van der Waals surface area contributed by atoms with Crippen LogP contribution in [0.15, 0.2) is 87.4 Å². The summed E-state index contributed by atoms with van der Waals surface area (Å²) in [4.78, 5) is 98.7. The summed E-state index contributed by atoms with van der Waals surface area (Å²) in [5.41, 5.74) is -9.71. The zero-order chi connectivity index (χ0) is 56.8. The zero-order valence-electron chi connectivity index (χ0n) is 41.9. The van der Waals surface area contributed by atoms with Crippen LogP contribution in [0.3, 0.4) is 0 Å². The molecule has 0 saturated carbocycles. The third-order valence-electron chi connectivity index (χ3n) is 15.0. The van der Waals surface area contributed by atoms with Crippen molar-refractivity contribution in [2.24, 2.45) is 23.7 Å².